The van der Waals surface area contributed by atoms with Crippen LogP contribution >= 0.6 is 0 Å². The lowest BCUT2D eigenvalue weighted by atomic mass is 9.99. The Kier molecular flexibility index (Phi) is 7.13. The molecule has 0 aliphatic carbocycles. The number of hydrogen-bond donors (Lipinski definition) is 4. The zero-order valence-corrected chi connectivity index (χ0v) is 19.5. The first-order valence-electron chi connectivity index (χ1n) is 11.8. The van der Waals surface area contributed by atoms with Crippen molar-refractivity contribution in [2.24, 2.45) is 0 Å². The normalized spacial score (nSPS) is 23.9. The monoisotopic (exact) mass is 488 g/mol. The average molecular weight is 489 g/mol. The summed E-state index contributed by atoms with van der Waals surface area (Å²) in [4.78, 5) is 0. The molecule has 8 heteroatoms. The molecule has 1 fully saturated rings. The van der Waals surface area contributed by atoms with Crippen molar-refractivity contribution < 1.29 is 29.9 Å². The Hall–Kier alpha value is -3.53. The number of rotatable bonds is 7. The van der Waals surface area contributed by atoms with Crippen molar-refractivity contribution in [1.82, 2.24) is 9.78 Å². The van der Waals surface area contributed by atoms with Gasteiger partial charge < -0.3 is 29.9 Å². The van der Waals surface area contributed by atoms with Crippen LogP contribution in [0.4, 0.5) is 0 Å². The third kappa shape index (κ3) is 4.77. The van der Waals surface area contributed by atoms with E-state index in [1.807, 2.05) is 91.0 Å². The summed E-state index contributed by atoms with van der Waals surface area (Å²) in [5.74, 6) is 0.214. The van der Waals surface area contributed by atoms with E-state index in [1.54, 1.807) is 4.68 Å². The molecule has 4 N–H and O–H groups in total. The summed E-state index contributed by atoms with van der Waals surface area (Å²) in [6.07, 6.45) is -6.54. The van der Waals surface area contributed by atoms with Crippen LogP contribution in [0.1, 0.15) is 11.1 Å². The first-order valence-corrected chi connectivity index (χ1v) is 11.8. The smallest absolute Gasteiger partial charge is 0.239 e. The molecule has 1 saturated heterocycles. The summed E-state index contributed by atoms with van der Waals surface area (Å²) in [7, 11) is 0. The number of hydrogen-bond acceptors (Lipinski definition) is 7. The van der Waals surface area contributed by atoms with Gasteiger partial charge in [0.1, 0.15) is 24.4 Å². The van der Waals surface area contributed by atoms with Crippen LogP contribution in [0.2, 0.25) is 0 Å². The second kappa shape index (κ2) is 10.6. The Labute approximate surface area is 208 Å². The van der Waals surface area contributed by atoms with E-state index in [9.17, 15) is 20.4 Å². The summed E-state index contributed by atoms with van der Waals surface area (Å²) in [6.45, 7) is -0.546. The molecule has 5 atom stereocenters. The largest absolute Gasteiger partial charge is 0.443 e. The molecule has 2 heterocycles. The summed E-state index contributed by atoms with van der Waals surface area (Å²) in [6, 6.07) is 29.3. The molecule has 3 aromatic carbocycles. The van der Waals surface area contributed by atoms with Crippen LogP contribution in [0.5, 0.6) is 5.88 Å². The van der Waals surface area contributed by atoms with Gasteiger partial charge in [0.05, 0.1) is 18.0 Å². The van der Waals surface area contributed by atoms with Crippen molar-refractivity contribution in [2.75, 3.05) is 6.61 Å². The third-order valence-electron chi connectivity index (χ3n) is 6.29. The molecular formula is C28H28N2O6. The van der Waals surface area contributed by atoms with Crippen molar-refractivity contribution in [3.05, 3.63) is 102 Å². The molecule has 0 bridgehead atoms. The topological polar surface area (TPSA) is 117 Å². The Morgan fingerprint density at radius 3 is 2.03 bits per heavy atom. The number of ether oxygens (including phenoxy) is 2. The van der Waals surface area contributed by atoms with Gasteiger partial charge in [-0.05, 0) is 17.7 Å². The highest BCUT2D eigenvalue weighted by Gasteiger charge is 2.45. The summed E-state index contributed by atoms with van der Waals surface area (Å²) in [5, 5.41) is 45.4. The fourth-order valence-corrected chi connectivity index (χ4v) is 4.41. The number of nitrogens with zero attached hydrogens (tertiary/aromatic N) is 2. The fraction of sp³-hybridized carbons (Fsp3) is 0.250. The Morgan fingerprint density at radius 2 is 1.39 bits per heavy atom. The van der Waals surface area contributed by atoms with Crippen LogP contribution in [-0.4, -0.2) is 67.5 Å². The maximum Gasteiger partial charge on any atom is 0.239 e. The Morgan fingerprint density at radius 1 is 0.778 bits per heavy atom. The quantitative estimate of drug-likeness (QED) is 0.315. The van der Waals surface area contributed by atoms with E-state index in [0.29, 0.717) is 6.42 Å². The molecule has 4 aromatic rings. The second-order valence-corrected chi connectivity index (χ2v) is 8.72. The highest BCUT2D eigenvalue weighted by molar-refractivity contribution is 5.69. The van der Waals surface area contributed by atoms with Crippen molar-refractivity contribution in [3.63, 3.8) is 0 Å². The minimum Gasteiger partial charge on any atom is -0.443 e. The van der Waals surface area contributed by atoms with E-state index in [0.717, 1.165) is 28.1 Å². The summed E-state index contributed by atoms with van der Waals surface area (Å²) in [5.41, 5.74) is 4.33. The number of para-hydroxylation sites is 1. The number of aromatic nitrogens is 2. The van der Waals surface area contributed by atoms with Gasteiger partial charge in [-0.1, -0.05) is 78.9 Å². The van der Waals surface area contributed by atoms with E-state index in [-0.39, 0.29) is 5.88 Å². The molecule has 8 nitrogen and oxygen atoms in total. The van der Waals surface area contributed by atoms with Gasteiger partial charge in [0, 0.05) is 17.5 Å². The Bertz CT molecular complexity index is 1260. The SMILES string of the molecule is OC[C@H]1O[C@@H](Oc2nn(-c3ccccc3)c(-c3ccccc3)c2Cc2ccccc2)[C@H](O)[C@@H](O)[C@@H]1O. The molecule has 0 radical (unpaired) electrons. The van der Waals surface area contributed by atoms with E-state index in [1.165, 1.54) is 0 Å². The zero-order chi connectivity index (χ0) is 25.1. The van der Waals surface area contributed by atoms with Gasteiger partial charge in [0.2, 0.25) is 12.2 Å². The van der Waals surface area contributed by atoms with E-state index in [4.69, 9.17) is 14.6 Å². The van der Waals surface area contributed by atoms with Crippen LogP contribution in [0.3, 0.4) is 0 Å². The van der Waals surface area contributed by atoms with Gasteiger partial charge in [-0.25, -0.2) is 4.68 Å². The highest BCUT2D eigenvalue weighted by Crippen LogP contribution is 2.36. The number of benzene rings is 3. The molecule has 1 aromatic heterocycles. The molecule has 5 rings (SSSR count). The minimum absolute atomic E-state index is 0.214. The first-order chi connectivity index (χ1) is 17.6. The van der Waals surface area contributed by atoms with Crippen LogP contribution in [0.25, 0.3) is 16.9 Å². The average Bonchev–Trinajstić information content (AvgIpc) is 3.28. The first kappa shape index (κ1) is 24.2. The van der Waals surface area contributed by atoms with Gasteiger partial charge in [0.25, 0.3) is 0 Å². The van der Waals surface area contributed by atoms with E-state index < -0.39 is 37.3 Å². The zero-order valence-electron chi connectivity index (χ0n) is 19.5. The van der Waals surface area contributed by atoms with Gasteiger partial charge in [-0.3, -0.25) is 0 Å². The molecule has 0 saturated carbocycles. The maximum absolute atomic E-state index is 10.6. The molecule has 36 heavy (non-hydrogen) atoms. The lowest BCUT2D eigenvalue weighted by molar-refractivity contribution is -0.278. The third-order valence-corrected chi connectivity index (χ3v) is 6.29. The lowest BCUT2D eigenvalue weighted by Gasteiger charge is -2.39. The van der Waals surface area contributed by atoms with E-state index in [2.05, 4.69) is 0 Å². The van der Waals surface area contributed by atoms with Crippen molar-refractivity contribution in [3.8, 4) is 22.8 Å². The molecule has 186 valence electrons. The summed E-state index contributed by atoms with van der Waals surface area (Å²) < 4.78 is 13.5. The van der Waals surface area contributed by atoms with Gasteiger partial charge >= 0.3 is 0 Å². The van der Waals surface area contributed by atoms with Gasteiger partial charge in [-0.2, -0.15) is 0 Å². The maximum atomic E-state index is 10.6. The predicted octanol–water partition coefficient (Wildman–Crippen LogP) is 2.31. The van der Waals surface area contributed by atoms with Crippen LogP contribution < -0.4 is 4.74 Å². The summed E-state index contributed by atoms with van der Waals surface area (Å²) >= 11 is 0. The van der Waals surface area contributed by atoms with Crippen LogP contribution in [0, 0.1) is 0 Å². The highest BCUT2D eigenvalue weighted by atomic mass is 16.7. The minimum atomic E-state index is -1.55. The molecular weight excluding hydrogens is 460 g/mol. The fourth-order valence-electron chi connectivity index (χ4n) is 4.41. The lowest BCUT2D eigenvalue weighted by Crippen LogP contribution is -2.60. The van der Waals surface area contributed by atoms with Gasteiger partial charge in [-0.15, -0.1) is 5.10 Å². The molecule has 0 amide bonds. The molecule has 1 aliphatic rings. The van der Waals surface area contributed by atoms with Crippen LogP contribution in [0.15, 0.2) is 91.0 Å². The van der Waals surface area contributed by atoms with Gasteiger partial charge in [0.15, 0.2) is 0 Å². The predicted molar refractivity (Wildman–Crippen MR) is 133 cm³/mol. The molecule has 1 aliphatic heterocycles. The van der Waals surface area contributed by atoms with Crippen LogP contribution in [-0.2, 0) is 11.2 Å². The number of aliphatic hydroxyl groups is 4. The van der Waals surface area contributed by atoms with E-state index >= 15 is 0 Å². The molecule has 0 unspecified atom stereocenters. The van der Waals surface area contributed by atoms with Crippen molar-refractivity contribution in [2.45, 2.75) is 37.1 Å². The van der Waals surface area contributed by atoms with Crippen molar-refractivity contribution in [1.29, 1.82) is 0 Å². The second-order valence-electron chi connectivity index (χ2n) is 8.72. The Balaban J connectivity index is 1.64. The molecule has 0 spiro atoms. The standard InChI is InChI=1S/C28H28N2O6/c31-17-22-24(32)25(33)26(34)28(35-22)36-27-21(16-18-10-4-1-5-11-18)23(19-12-6-2-7-13-19)30(29-27)20-14-8-3-9-15-20/h1-15,22,24-26,28,31-34H,16-17H2/t22-,24-,25+,26-,28+/m1/s1. The number of aliphatic hydroxyl groups excluding tert-OH is 4. The van der Waals surface area contributed by atoms with Crippen molar-refractivity contribution >= 4 is 0 Å².